The fraction of sp³-hybridized carbons (Fsp3) is 0.100. The Morgan fingerprint density at radius 3 is 2.28 bits per heavy atom. The van der Waals surface area contributed by atoms with E-state index in [1.165, 1.54) is 15.9 Å². The maximum Gasteiger partial charge on any atom is 0.329 e. The first-order chi connectivity index (χ1) is 12.1. The van der Waals surface area contributed by atoms with Crippen molar-refractivity contribution < 1.29 is 0 Å². The molecule has 1 N–H and O–H groups in total. The Morgan fingerprint density at radius 1 is 0.960 bits per heavy atom. The monoisotopic (exact) mass is 348 g/mol. The third-order valence-corrected chi connectivity index (χ3v) is 5.55. The predicted molar refractivity (Wildman–Crippen MR) is 102 cm³/mol. The molecule has 0 aliphatic carbocycles. The number of aromatic nitrogens is 2. The van der Waals surface area contributed by atoms with Gasteiger partial charge >= 0.3 is 5.69 Å². The van der Waals surface area contributed by atoms with E-state index in [9.17, 15) is 9.59 Å². The summed E-state index contributed by atoms with van der Waals surface area (Å²) in [7, 11) is 0. The van der Waals surface area contributed by atoms with E-state index in [1.54, 1.807) is 0 Å². The third kappa shape index (κ3) is 2.72. The van der Waals surface area contributed by atoms with Gasteiger partial charge in [0.15, 0.2) is 0 Å². The average Bonchev–Trinajstić information content (AvgIpc) is 2.96. The van der Waals surface area contributed by atoms with Crippen molar-refractivity contribution in [2.45, 2.75) is 13.5 Å². The van der Waals surface area contributed by atoms with Crippen LogP contribution in [0.3, 0.4) is 0 Å². The molecule has 4 nitrogen and oxygen atoms in total. The van der Waals surface area contributed by atoms with Crippen LogP contribution in [-0.2, 0) is 6.54 Å². The van der Waals surface area contributed by atoms with Crippen LogP contribution in [0, 0.1) is 6.92 Å². The zero-order valence-electron chi connectivity index (χ0n) is 13.7. The molecule has 0 amide bonds. The summed E-state index contributed by atoms with van der Waals surface area (Å²) in [5.41, 5.74) is 2.27. The lowest BCUT2D eigenvalue weighted by Crippen LogP contribution is -2.35. The van der Waals surface area contributed by atoms with E-state index >= 15 is 0 Å². The summed E-state index contributed by atoms with van der Waals surface area (Å²) in [5, 5.41) is 0.597. The Bertz CT molecular complexity index is 1160. The molecule has 2 aromatic carbocycles. The molecular formula is C20H16N2O2S. The van der Waals surface area contributed by atoms with Crippen molar-refractivity contribution >= 4 is 21.6 Å². The van der Waals surface area contributed by atoms with Gasteiger partial charge < -0.3 is 0 Å². The number of aromatic amines is 1. The van der Waals surface area contributed by atoms with Gasteiger partial charge in [-0.25, -0.2) is 4.79 Å². The largest absolute Gasteiger partial charge is 0.329 e. The molecule has 0 radical (unpaired) electrons. The molecule has 0 saturated carbocycles. The lowest BCUT2D eigenvalue weighted by atomic mass is 10.1. The van der Waals surface area contributed by atoms with E-state index < -0.39 is 0 Å². The molecule has 25 heavy (non-hydrogen) atoms. The zero-order chi connectivity index (χ0) is 17.4. The smallest absolute Gasteiger partial charge is 0.298 e. The maximum atomic E-state index is 13.0. The highest BCUT2D eigenvalue weighted by Crippen LogP contribution is 2.35. The predicted octanol–water partition coefficient (Wildman–Crippen LogP) is 3.78. The second kappa shape index (κ2) is 6.18. The first-order valence-corrected chi connectivity index (χ1v) is 8.82. The topological polar surface area (TPSA) is 54.9 Å². The second-order valence-electron chi connectivity index (χ2n) is 5.93. The minimum absolute atomic E-state index is 0.237. The highest BCUT2D eigenvalue weighted by atomic mass is 32.1. The summed E-state index contributed by atoms with van der Waals surface area (Å²) in [6.45, 7) is 2.20. The van der Waals surface area contributed by atoms with Crippen molar-refractivity contribution in [2.24, 2.45) is 0 Å². The van der Waals surface area contributed by atoms with Crippen LogP contribution >= 0.6 is 11.3 Å². The number of hydrogen-bond acceptors (Lipinski definition) is 3. The Labute approximate surface area is 148 Å². The summed E-state index contributed by atoms with van der Waals surface area (Å²) in [5.74, 6) is 0. The van der Waals surface area contributed by atoms with Gasteiger partial charge in [-0.05, 0) is 23.6 Å². The lowest BCUT2D eigenvalue weighted by molar-refractivity contribution is 0.712. The quantitative estimate of drug-likeness (QED) is 0.613. The minimum Gasteiger partial charge on any atom is -0.298 e. The summed E-state index contributed by atoms with van der Waals surface area (Å²) < 4.78 is 1.27. The van der Waals surface area contributed by atoms with Gasteiger partial charge in [0, 0.05) is 4.88 Å². The van der Waals surface area contributed by atoms with E-state index in [4.69, 9.17) is 0 Å². The Morgan fingerprint density at radius 2 is 1.60 bits per heavy atom. The summed E-state index contributed by atoms with van der Waals surface area (Å²) in [6.07, 6.45) is 0. The molecule has 0 atom stereocenters. The van der Waals surface area contributed by atoms with E-state index in [0.29, 0.717) is 10.2 Å². The van der Waals surface area contributed by atoms with Crippen LogP contribution in [0.15, 0.2) is 70.3 Å². The van der Waals surface area contributed by atoms with Crippen LogP contribution in [0.4, 0.5) is 0 Å². The molecule has 0 spiro atoms. The normalized spacial score (nSPS) is 11.1. The maximum absolute atomic E-state index is 13.0. The number of rotatable bonds is 3. The van der Waals surface area contributed by atoms with Crippen LogP contribution in [0.25, 0.3) is 20.7 Å². The van der Waals surface area contributed by atoms with Gasteiger partial charge in [0.1, 0.15) is 4.83 Å². The molecule has 124 valence electrons. The van der Waals surface area contributed by atoms with Gasteiger partial charge in [0.2, 0.25) is 0 Å². The molecule has 0 bridgehead atoms. The molecule has 4 aromatic rings. The van der Waals surface area contributed by atoms with Crippen LogP contribution in [-0.4, -0.2) is 9.55 Å². The van der Waals surface area contributed by atoms with Gasteiger partial charge in [-0.15, -0.1) is 11.3 Å². The van der Waals surface area contributed by atoms with Crippen molar-refractivity contribution in [1.29, 1.82) is 0 Å². The molecule has 0 unspecified atom stereocenters. The highest BCUT2D eigenvalue weighted by molar-refractivity contribution is 7.22. The lowest BCUT2D eigenvalue weighted by Gasteiger charge is -2.05. The summed E-state index contributed by atoms with van der Waals surface area (Å²) in [6, 6.07) is 19.4. The van der Waals surface area contributed by atoms with E-state index in [1.807, 2.05) is 67.6 Å². The number of hydrogen-bond donors (Lipinski definition) is 1. The molecule has 2 heterocycles. The van der Waals surface area contributed by atoms with Crippen molar-refractivity contribution in [1.82, 2.24) is 9.55 Å². The molecule has 0 aliphatic heterocycles. The van der Waals surface area contributed by atoms with Crippen molar-refractivity contribution in [3.05, 3.63) is 92.6 Å². The van der Waals surface area contributed by atoms with Crippen LogP contribution in [0.1, 0.15) is 11.1 Å². The Kier molecular flexibility index (Phi) is 3.86. The second-order valence-corrected chi connectivity index (χ2v) is 6.95. The first-order valence-electron chi connectivity index (χ1n) is 8.00. The molecule has 4 rings (SSSR count). The molecule has 2 aromatic heterocycles. The van der Waals surface area contributed by atoms with E-state index in [2.05, 4.69) is 4.98 Å². The van der Waals surface area contributed by atoms with E-state index in [0.717, 1.165) is 21.6 Å². The molecule has 0 aliphatic rings. The van der Waals surface area contributed by atoms with Gasteiger partial charge in [-0.2, -0.15) is 0 Å². The Balaban J connectivity index is 1.92. The van der Waals surface area contributed by atoms with Gasteiger partial charge in [-0.1, -0.05) is 60.7 Å². The van der Waals surface area contributed by atoms with Crippen molar-refractivity contribution in [3.63, 3.8) is 0 Å². The summed E-state index contributed by atoms with van der Waals surface area (Å²) >= 11 is 1.45. The number of benzene rings is 2. The average molecular weight is 348 g/mol. The number of H-pyrrole nitrogens is 1. The van der Waals surface area contributed by atoms with Gasteiger partial charge in [-0.3, -0.25) is 14.3 Å². The first kappa shape index (κ1) is 15.6. The fourth-order valence-electron chi connectivity index (χ4n) is 3.03. The van der Waals surface area contributed by atoms with Crippen molar-refractivity contribution in [3.8, 4) is 10.4 Å². The Hall–Kier alpha value is -2.92. The number of nitrogens with zero attached hydrogens (tertiary/aromatic N) is 1. The molecule has 0 fully saturated rings. The SMILES string of the molecule is Cc1c(-c2ccccc2)sc2[nH]c(=O)n(Cc3ccccc3)c(=O)c12. The standard InChI is InChI=1S/C20H16N2O2S/c1-13-16-18(25-17(13)15-10-6-3-7-11-15)21-20(24)22(19(16)23)12-14-8-4-2-5-9-14/h2-11H,12H2,1H3,(H,21,24). The third-order valence-electron chi connectivity index (χ3n) is 4.29. The van der Waals surface area contributed by atoms with Gasteiger partial charge in [0.25, 0.3) is 5.56 Å². The van der Waals surface area contributed by atoms with E-state index in [-0.39, 0.29) is 17.8 Å². The number of thiophene rings is 1. The number of aryl methyl sites for hydroxylation is 1. The zero-order valence-corrected chi connectivity index (χ0v) is 14.5. The van der Waals surface area contributed by atoms with Crippen LogP contribution in [0.2, 0.25) is 0 Å². The van der Waals surface area contributed by atoms with Crippen molar-refractivity contribution in [2.75, 3.05) is 0 Å². The highest BCUT2D eigenvalue weighted by Gasteiger charge is 2.17. The molecule has 5 heteroatoms. The number of nitrogens with one attached hydrogen (secondary N) is 1. The van der Waals surface area contributed by atoms with Crippen LogP contribution < -0.4 is 11.2 Å². The van der Waals surface area contributed by atoms with Gasteiger partial charge in [0.05, 0.1) is 11.9 Å². The summed E-state index contributed by atoms with van der Waals surface area (Å²) in [4.78, 5) is 29.9. The fourth-order valence-corrected chi connectivity index (χ4v) is 4.22. The molecular weight excluding hydrogens is 332 g/mol. The van der Waals surface area contributed by atoms with Crippen LogP contribution in [0.5, 0.6) is 0 Å². The molecule has 0 saturated heterocycles. The number of fused-ring (bicyclic) bond motifs is 1. The minimum atomic E-state index is -0.373.